The van der Waals surface area contributed by atoms with Crippen molar-refractivity contribution in [2.45, 2.75) is 32.7 Å². The van der Waals surface area contributed by atoms with Gasteiger partial charge >= 0.3 is 6.03 Å². The molecule has 6 heteroatoms. The molecule has 0 radical (unpaired) electrons. The summed E-state index contributed by atoms with van der Waals surface area (Å²) in [5.74, 6) is -0.177. The third-order valence-electron chi connectivity index (χ3n) is 5.14. The Morgan fingerprint density at radius 1 is 0.828 bits per heavy atom. The van der Waals surface area contributed by atoms with Gasteiger partial charge in [0.1, 0.15) is 0 Å². The molecule has 1 saturated heterocycles. The zero-order valence-corrected chi connectivity index (χ0v) is 17.4. The first-order valence-corrected chi connectivity index (χ1v) is 10.1. The molecule has 2 N–H and O–H groups in total. The Morgan fingerprint density at radius 2 is 1.52 bits per heavy atom. The molecule has 1 fully saturated rings. The van der Waals surface area contributed by atoms with Crippen LogP contribution in [-0.2, 0) is 0 Å². The fourth-order valence-corrected chi connectivity index (χ4v) is 3.46. The van der Waals surface area contributed by atoms with Crippen molar-refractivity contribution in [2.75, 3.05) is 36.8 Å². The summed E-state index contributed by atoms with van der Waals surface area (Å²) in [6, 6.07) is 16.2. The topological polar surface area (TPSA) is 64.7 Å². The summed E-state index contributed by atoms with van der Waals surface area (Å²) in [7, 11) is 0. The van der Waals surface area contributed by atoms with Crippen LogP contribution in [0.4, 0.5) is 16.2 Å². The first-order chi connectivity index (χ1) is 13.8. The normalized spacial score (nSPS) is 15.5. The van der Waals surface area contributed by atoms with E-state index in [9.17, 15) is 9.59 Å². The summed E-state index contributed by atoms with van der Waals surface area (Å²) in [5.41, 5.74) is 2.01. The molecule has 3 amide bonds. The average Bonchev–Trinajstić information content (AvgIpc) is 2.95. The van der Waals surface area contributed by atoms with E-state index in [4.69, 9.17) is 0 Å². The van der Waals surface area contributed by atoms with E-state index in [1.807, 2.05) is 41.3 Å². The number of carbonyl (C=O) groups is 2. The monoisotopic (exact) mass is 394 g/mol. The van der Waals surface area contributed by atoms with Crippen molar-refractivity contribution in [3.05, 3.63) is 60.2 Å². The van der Waals surface area contributed by atoms with E-state index < -0.39 is 0 Å². The van der Waals surface area contributed by atoms with Crippen molar-refractivity contribution in [2.24, 2.45) is 0 Å². The van der Waals surface area contributed by atoms with Gasteiger partial charge in [-0.1, -0.05) is 24.3 Å². The van der Waals surface area contributed by atoms with E-state index >= 15 is 0 Å². The van der Waals surface area contributed by atoms with Gasteiger partial charge in [-0.15, -0.1) is 0 Å². The lowest BCUT2D eigenvalue weighted by Crippen LogP contribution is -2.44. The largest absolute Gasteiger partial charge is 0.323 e. The lowest BCUT2D eigenvalue weighted by atomic mass is 10.1. The highest BCUT2D eigenvalue weighted by Crippen LogP contribution is 2.19. The van der Waals surface area contributed by atoms with Gasteiger partial charge in [-0.05, 0) is 57.5 Å². The molecule has 6 nitrogen and oxygen atoms in total. The number of nitrogens with one attached hydrogen (secondary N) is 2. The number of carbonyl (C=O) groups excluding carboxylic acids is 2. The molecule has 1 aliphatic heterocycles. The average molecular weight is 395 g/mol. The molecule has 0 spiro atoms. The Kier molecular flexibility index (Phi) is 6.54. The van der Waals surface area contributed by atoms with Gasteiger partial charge in [0.25, 0.3) is 5.91 Å². The van der Waals surface area contributed by atoms with Crippen molar-refractivity contribution in [1.29, 1.82) is 0 Å². The number of benzene rings is 2. The van der Waals surface area contributed by atoms with Gasteiger partial charge in [-0.25, -0.2) is 4.79 Å². The van der Waals surface area contributed by atoms with Crippen molar-refractivity contribution in [3.63, 3.8) is 0 Å². The number of amides is 3. The number of anilines is 2. The van der Waals surface area contributed by atoms with Gasteiger partial charge in [0.15, 0.2) is 0 Å². The highest BCUT2D eigenvalue weighted by molar-refractivity contribution is 6.04. The Hall–Kier alpha value is -2.86. The van der Waals surface area contributed by atoms with E-state index in [0.29, 0.717) is 23.5 Å². The van der Waals surface area contributed by atoms with Crippen molar-refractivity contribution in [1.82, 2.24) is 9.80 Å². The molecule has 2 aromatic rings. The van der Waals surface area contributed by atoms with Crippen LogP contribution in [-0.4, -0.2) is 53.5 Å². The summed E-state index contributed by atoms with van der Waals surface area (Å²) < 4.78 is 0. The summed E-state index contributed by atoms with van der Waals surface area (Å²) in [5, 5.41) is 5.84. The Bertz CT molecular complexity index is 845. The predicted molar refractivity (Wildman–Crippen MR) is 117 cm³/mol. The molecule has 0 aliphatic carbocycles. The van der Waals surface area contributed by atoms with Crippen LogP contribution in [0.5, 0.6) is 0 Å². The molecule has 1 heterocycles. The highest BCUT2D eigenvalue weighted by Gasteiger charge is 2.25. The Labute approximate surface area is 172 Å². The Morgan fingerprint density at radius 3 is 2.21 bits per heavy atom. The van der Waals surface area contributed by atoms with E-state index in [1.54, 1.807) is 18.2 Å². The molecular weight excluding hydrogens is 364 g/mol. The predicted octanol–water partition coefficient (Wildman–Crippen LogP) is 4.28. The SMILES string of the molecule is CC(C)(C)N1CCCN(C(=O)Nc2cccc(NC(=O)c3ccccc3)c2)CC1. The molecular formula is C23H30N4O2. The molecule has 0 aromatic heterocycles. The molecule has 1 aliphatic rings. The zero-order chi connectivity index (χ0) is 20.9. The van der Waals surface area contributed by atoms with E-state index in [0.717, 1.165) is 26.1 Å². The van der Waals surface area contributed by atoms with Crippen molar-refractivity contribution >= 4 is 23.3 Å². The molecule has 3 rings (SSSR count). The maximum absolute atomic E-state index is 12.7. The molecule has 2 aromatic carbocycles. The molecule has 0 unspecified atom stereocenters. The Balaban J connectivity index is 1.60. The molecule has 0 bridgehead atoms. The van der Waals surface area contributed by atoms with Crippen LogP contribution in [0.3, 0.4) is 0 Å². The van der Waals surface area contributed by atoms with Crippen molar-refractivity contribution in [3.8, 4) is 0 Å². The third kappa shape index (κ3) is 5.81. The van der Waals surface area contributed by atoms with Crippen molar-refractivity contribution < 1.29 is 9.59 Å². The number of hydrogen-bond acceptors (Lipinski definition) is 3. The first-order valence-electron chi connectivity index (χ1n) is 10.1. The van der Waals surface area contributed by atoms with Crippen LogP contribution in [0.25, 0.3) is 0 Å². The molecule has 0 saturated carbocycles. The third-order valence-corrected chi connectivity index (χ3v) is 5.14. The van der Waals surface area contributed by atoms with Crippen LogP contribution < -0.4 is 10.6 Å². The van der Waals surface area contributed by atoms with Crippen LogP contribution in [0.15, 0.2) is 54.6 Å². The smallest absolute Gasteiger partial charge is 0.321 e. The number of urea groups is 1. The van der Waals surface area contributed by atoms with E-state index in [2.05, 4.69) is 36.3 Å². The minimum absolute atomic E-state index is 0.104. The maximum atomic E-state index is 12.7. The summed E-state index contributed by atoms with van der Waals surface area (Å²) in [6.07, 6.45) is 0.956. The second-order valence-corrected chi connectivity index (χ2v) is 8.33. The maximum Gasteiger partial charge on any atom is 0.321 e. The number of rotatable bonds is 3. The molecule has 0 atom stereocenters. The standard InChI is InChI=1S/C23H30N4O2/c1-23(2,3)27-14-8-13-26(15-16-27)22(29)25-20-12-7-11-19(17-20)24-21(28)18-9-5-4-6-10-18/h4-7,9-12,17H,8,13-16H2,1-3H3,(H,24,28)(H,25,29). The highest BCUT2D eigenvalue weighted by atomic mass is 16.2. The van der Waals surface area contributed by atoms with Gasteiger partial charge < -0.3 is 15.5 Å². The van der Waals surface area contributed by atoms with Crippen LogP contribution in [0, 0.1) is 0 Å². The molecule has 154 valence electrons. The summed E-state index contributed by atoms with van der Waals surface area (Å²) >= 11 is 0. The minimum Gasteiger partial charge on any atom is -0.323 e. The first kappa shape index (κ1) is 20.9. The molecule has 29 heavy (non-hydrogen) atoms. The lowest BCUT2D eigenvalue weighted by Gasteiger charge is -2.34. The lowest BCUT2D eigenvalue weighted by molar-refractivity contribution is 0.102. The second-order valence-electron chi connectivity index (χ2n) is 8.33. The zero-order valence-electron chi connectivity index (χ0n) is 17.4. The van der Waals surface area contributed by atoms with Gasteiger partial charge in [0.2, 0.25) is 0 Å². The van der Waals surface area contributed by atoms with Gasteiger partial charge in [0, 0.05) is 48.7 Å². The van der Waals surface area contributed by atoms with Crippen LogP contribution in [0.2, 0.25) is 0 Å². The summed E-state index contributed by atoms with van der Waals surface area (Å²) in [6.45, 7) is 9.92. The summed E-state index contributed by atoms with van der Waals surface area (Å²) in [4.78, 5) is 29.4. The van der Waals surface area contributed by atoms with E-state index in [1.165, 1.54) is 0 Å². The fraction of sp³-hybridized carbons (Fsp3) is 0.391. The van der Waals surface area contributed by atoms with Crippen LogP contribution in [0.1, 0.15) is 37.6 Å². The quantitative estimate of drug-likeness (QED) is 0.817. The number of nitrogens with zero attached hydrogens (tertiary/aromatic N) is 2. The van der Waals surface area contributed by atoms with Gasteiger partial charge in [-0.2, -0.15) is 0 Å². The van der Waals surface area contributed by atoms with Crippen LogP contribution >= 0.6 is 0 Å². The fourth-order valence-electron chi connectivity index (χ4n) is 3.46. The van der Waals surface area contributed by atoms with Gasteiger partial charge in [0.05, 0.1) is 0 Å². The van der Waals surface area contributed by atoms with Gasteiger partial charge in [-0.3, -0.25) is 9.69 Å². The minimum atomic E-state index is -0.177. The number of hydrogen-bond donors (Lipinski definition) is 2. The second kappa shape index (κ2) is 9.09. The van der Waals surface area contributed by atoms with E-state index in [-0.39, 0.29) is 17.5 Å².